The third kappa shape index (κ3) is 4.75. The van der Waals surface area contributed by atoms with Gasteiger partial charge in [0.25, 0.3) is 0 Å². The highest BCUT2D eigenvalue weighted by Gasteiger charge is 2.38. The van der Waals surface area contributed by atoms with Crippen LogP contribution in [0.25, 0.3) is 10.4 Å². The standard InChI is InChI=1S/C36H35NO2S2/c1-22-23(2)40-24(3)33(22)34(39)25(21-38)18-29-20-32-35(41-29)30-17-16-28(19-31(30)36(32,4)5)37(26-12-8-6-9-13-26)27-14-10-7-11-15-27/h6-10,12-14,16-17,19-21,25H,11,15,18H2,1-5H3. The number of carbonyl (C=O) groups excluding carboxylic acids is 2. The van der Waals surface area contributed by atoms with Crippen LogP contribution in [0.5, 0.6) is 0 Å². The van der Waals surface area contributed by atoms with Crippen molar-refractivity contribution in [2.24, 2.45) is 5.92 Å². The van der Waals surface area contributed by atoms with E-state index < -0.39 is 5.92 Å². The lowest BCUT2D eigenvalue weighted by Crippen LogP contribution is -2.20. The van der Waals surface area contributed by atoms with Crippen molar-refractivity contribution in [1.82, 2.24) is 0 Å². The molecule has 4 aromatic rings. The first-order valence-electron chi connectivity index (χ1n) is 14.3. The second kappa shape index (κ2) is 10.7. The van der Waals surface area contributed by atoms with Crippen LogP contribution >= 0.6 is 22.7 Å². The average Bonchev–Trinajstić information content (AvgIpc) is 3.58. The molecule has 0 N–H and O–H groups in total. The summed E-state index contributed by atoms with van der Waals surface area (Å²) in [6, 6.07) is 19.7. The Hall–Kier alpha value is -3.54. The number of nitrogens with zero attached hydrogens (tertiary/aromatic N) is 1. The molecule has 1 unspecified atom stereocenters. The number of hydrogen-bond acceptors (Lipinski definition) is 5. The van der Waals surface area contributed by atoms with E-state index in [4.69, 9.17) is 0 Å². The van der Waals surface area contributed by atoms with Crippen LogP contribution in [0, 0.1) is 26.7 Å². The Kier molecular flexibility index (Phi) is 7.21. The van der Waals surface area contributed by atoms with Crippen LogP contribution in [-0.2, 0) is 16.6 Å². The van der Waals surface area contributed by atoms with Gasteiger partial charge in [0.15, 0.2) is 5.78 Å². The zero-order valence-corrected chi connectivity index (χ0v) is 25.9. The van der Waals surface area contributed by atoms with Crippen molar-refractivity contribution in [1.29, 1.82) is 0 Å². The predicted octanol–water partition coefficient (Wildman–Crippen LogP) is 9.65. The quantitative estimate of drug-likeness (QED) is 0.119. The third-order valence-corrected chi connectivity index (χ3v) is 11.0. The van der Waals surface area contributed by atoms with E-state index in [2.05, 4.69) is 91.6 Å². The summed E-state index contributed by atoms with van der Waals surface area (Å²) in [5, 5.41) is 0. The van der Waals surface area contributed by atoms with Crippen molar-refractivity contribution in [3.63, 3.8) is 0 Å². The third-order valence-electron chi connectivity index (χ3n) is 8.66. The van der Waals surface area contributed by atoms with Crippen LogP contribution in [0.1, 0.15) is 68.4 Å². The highest BCUT2D eigenvalue weighted by Crippen LogP contribution is 2.54. The minimum Gasteiger partial charge on any atom is -0.314 e. The van der Waals surface area contributed by atoms with Gasteiger partial charge in [0, 0.05) is 47.6 Å². The van der Waals surface area contributed by atoms with Crippen molar-refractivity contribution in [3.05, 3.63) is 115 Å². The number of aryl methyl sites for hydroxylation is 2. The van der Waals surface area contributed by atoms with Crippen LogP contribution in [0.15, 0.2) is 78.5 Å². The molecule has 2 aromatic carbocycles. The number of allylic oxidation sites excluding steroid dienone is 4. The number of rotatable bonds is 8. The normalized spacial score (nSPS) is 15.7. The summed E-state index contributed by atoms with van der Waals surface area (Å²) in [4.78, 5) is 32.5. The lowest BCUT2D eigenvalue weighted by molar-refractivity contribution is -0.109. The largest absolute Gasteiger partial charge is 0.314 e. The van der Waals surface area contributed by atoms with E-state index >= 15 is 0 Å². The first-order chi connectivity index (χ1) is 19.7. The molecule has 0 fully saturated rings. The van der Waals surface area contributed by atoms with Crippen LogP contribution in [0.2, 0.25) is 0 Å². The van der Waals surface area contributed by atoms with Crippen molar-refractivity contribution in [3.8, 4) is 10.4 Å². The molecule has 0 bridgehead atoms. The molecule has 5 heteroatoms. The molecular weight excluding hydrogens is 543 g/mol. The summed E-state index contributed by atoms with van der Waals surface area (Å²) in [5.41, 5.74) is 9.04. The Labute approximate surface area is 250 Å². The lowest BCUT2D eigenvalue weighted by Gasteiger charge is -2.30. The Bertz CT molecular complexity index is 1720. The van der Waals surface area contributed by atoms with Gasteiger partial charge in [0.2, 0.25) is 0 Å². The van der Waals surface area contributed by atoms with Crippen molar-refractivity contribution in [2.45, 2.75) is 59.3 Å². The topological polar surface area (TPSA) is 37.4 Å². The second-order valence-electron chi connectivity index (χ2n) is 11.6. The van der Waals surface area contributed by atoms with Crippen molar-refractivity contribution >= 4 is 46.1 Å². The van der Waals surface area contributed by atoms with Crippen LogP contribution in [0.4, 0.5) is 11.4 Å². The molecule has 0 radical (unpaired) electrons. The number of fused-ring (bicyclic) bond motifs is 3. The molecular formula is C36H35NO2S2. The maximum atomic E-state index is 13.5. The van der Waals surface area contributed by atoms with Crippen LogP contribution in [-0.4, -0.2) is 12.1 Å². The molecule has 41 heavy (non-hydrogen) atoms. The van der Waals surface area contributed by atoms with Crippen LogP contribution in [0.3, 0.4) is 0 Å². The van der Waals surface area contributed by atoms with Gasteiger partial charge in [0.1, 0.15) is 6.29 Å². The van der Waals surface area contributed by atoms with Gasteiger partial charge in [-0.1, -0.05) is 50.3 Å². The number of aldehydes is 1. The van der Waals surface area contributed by atoms with Gasteiger partial charge in [0.05, 0.1) is 5.92 Å². The maximum Gasteiger partial charge on any atom is 0.174 e. The summed E-state index contributed by atoms with van der Waals surface area (Å²) in [5.74, 6) is -0.715. The molecule has 0 amide bonds. The zero-order chi connectivity index (χ0) is 28.9. The molecule has 2 aliphatic rings. The molecule has 2 aliphatic carbocycles. The molecule has 1 atom stereocenters. The van der Waals surface area contributed by atoms with E-state index in [0.29, 0.717) is 6.42 Å². The smallest absolute Gasteiger partial charge is 0.174 e. The first-order valence-corrected chi connectivity index (χ1v) is 15.9. The number of hydrogen-bond donors (Lipinski definition) is 0. The summed E-state index contributed by atoms with van der Waals surface area (Å²) in [6.45, 7) is 10.6. The monoisotopic (exact) mass is 577 g/mol. The van der Waals surface area contributed by atoms with E-state index in [-0.39, 0.29) is 11.2 Å². The fourth-order valence-electron chi connectivity index (χ4n) is 6.33. The van der Waals surface area contributed by atoms with Crippen molar-refractivity contribution in [2.75, 3.05) is 4.90 Å². The average molecular weight is 578 g/mol. The Balaban J connectivity index is 1.34. The molecule has 2 aromatic heterocycles. The minimum absolute atomic E-state index is 0.0509. The van der Waals surface area contributed by atoms with Gasteiger partial charge in [-0.05, 0) is 98.7 Å². The SMILES string of the molecule is Cc1sc(C)c(C(=O)C(C=O)Cc2cc3c(s2)-c2ccc(N(C4=CC=CCC4)c4ccccc4)cc2C3(C)C)c1C. The number of para-hydroxylation sites is 1. The fraction of sp³-hybridized carbons (Fsp3) is 0.278. The Morgan fingerprint density at radius 2 is 1.76 bits per heavy atom. The molecule has 208 valence electrons. The molecule has 0 spiro atoms. The summed E-state index contributed by atoms with van der Waals surface area (Å²) >= 11 is 3.37. The van der Waals surface area contributed by atoms with E-state index in [1.165, 1.54) is 33.0 Å². The van der Waals surface area contributed by atoms with Crippen molar-refractivity contribution < 1.29 is 9.59 Å². The lowest BCUT2D eigenvalue weighted by atomic mass is 9.82. The van der Waals surface area contributed by atoms with Gasteiger partial charge < -0.3 is 9.69 Å². The van der Waals surface area contributed by atoms with Gasteiger partial charge in [-0.3, -0.25) is 4.79 Å². The zero-order valence-electron chi connectivity index (χ0n) is 24.3. The number of Topliss-reactive ketones (excluding diaryl/α,β-unsaturated/α-hetero) is 1. The highest BCUT2D eigenvalue weighted by atomic mass is 32.1. The highest BCUT2D eigenvalue weighted by molar-refractivity contribution is 7.16. The van der Waals surface area contributed by atoms with E-state index in [1.54, 1.807) is 22.7 Å². The minimum atomic E-state index is -0.664. The molecule has 0 saturated carbocycles. The number of carbonyl (C=O) groups is 2. The number of benzene rings is 2. The predicted molar refractivity (Wildman–Crippen MR) is 173 cm³/mol. The van der Waals surface area contributed by atoms with E-state index in [0.717, 1.165) is 50.6 Å². The first kappa shape index (κ1) is 27.6. The van der Waals surface area contributed by atoms with Gasteiger partial charge in [-0.2, -0.15) is 0 Å². The molecule has 3 nitrogen and oxygen atoms in total. The maximum absolute atomic E-state index is 13.5. The summed E-state index contributed by atoms with van der Waals surface area (Å²) < 4.78 is 0. The Morgan fingerprint density at radius 1 is 0.976 bits per heavy atom. The number of anilines is 2. The number of ketones is 1. The number of thiophene rings is 2. The van der Waals surface area contributed by atoms with Gasteiger partial charge >= 0.3 is 0 Å². The molecule has 0 saturated heterocycles. The Morgan fingerprint density at radius 3 is 2.41 bits per heavy atom. The van der Waals surface area contributed by atoms with Gasteiger partial charge in [-0.15, -0.1) is 22.7 Å². The summed E-state index contributed by atoms with van der Waals surface area (Å²) in [6.07, 6.45) is 9.94. The second-order valence-corrected chi connectivity index (χ2v) is 14.2. The molecule has 0 aliphatic heterocycles. The fourth-order valence-corrected chi connectivity index (χ4v) is 8.82. The van der Waals surface area contributed by atoms with Gasteiger partial charge in [-0.25, -0.2) is 0 Å². The van der Waals surface area contributed by atoms with Crippen LogP contribution < -0.4 is 4.90 Å². The van der Waals surface area contributed by atoms with E-state index in [1.807, 2.05) is 20.8 Å². The molecule has 2 heterocycles. The van der Waals surface area contributed by atoms with E-state index in [9.17, 15) is 9.59 Å². The summed E-state index contributed by atoms with van der Waals surface area (Å²) in [7, 11) is 0. The molecule has 6 rings (SSSR count).